The maximum Gasteiger partial charge on any atom is 0.326 e. The molecule has 0 aliphatic rings. The molecule has 0 fully saturated rings. The number of hydrogen-bond acceptors (Lipinski definition) is 5. The van der Waals surface area contributed by atoms with Gasteiger partial charge in [-0.1, -0.05) is 0 Å². The van der Waals surface area contributed by atoms with Crippen molar-refractivity contribution in [1.82, 2.24) is 10.2 Å². The van der Waals surface area contributed by atoms with Gasteiger partial charge in [0.1, 0.15) is 12.6 Å². The lowest BCUT2D eigenvalue weighted by atomic mass is 10.1. The number of likely N-dealkylation sites (N-methyl/N-ethyl adjacent to an activating group) is 1. The summed E-state index contributed by atoms with van der Waals surface area (Å²) in [6.45, 7) is -0.316. The lowest BCUT2D eigenvalue weighted by molar-refractivity contribution is -0.141. The van der Waals surface area contributed by atoms with Gasteiger partial charge < -0.3 is 25.2 Å². The number of carboxylic acid groups (broad SMARTS) is 2. The fourth-order valence-corrected chi connectivity index (χ4v) is 1.30. The van der Waals surface area contributed by atoms with Crippen LogP contribution in [0.4, 0.5) is 4.79 Å². The molecule has 9 heteroatoms. The number of aliphatic carboxylic acids is 2. The van der Waals surface area contributed by atoms with Crippen LogP contribution in [0.3, 0.4) is 0 Å². The molecule has 1 atom stereocenters. The van der Waals surface area contributed by atoms with Crippen molar-refractivity contribution in [3.05, 3.63) is 0 Å². The van der Waals surface area contributed by atoms with Crippen molar-refractivity contribution in [1.29, 1.82) is 0 Å². The molecule has 0 heterocycles. The van der Waals surface area contributed by atoms with Crippen LogP contribution in [0.25, 0.3) is 0 Å². The monoisotopic (exact) mass is 290 g/mol. The second-order valence-corrected chi connectivity index (χ2v) is 4.06. The van der Waals surface area contributed by atoms with Crippen LogP contribution in [0.1, 0.15) is 19.3 Å². The van der Waals surface area contributed by atoms with Gasteiger partial charge in [0, 0.05) is 13.5 Å². The highest BCUT2D eigenvalue weighted by atomic mass is 16.5. The predicted molar refractivity (Wildman–Crippen MR) is 66.1 cm³/mol. The SMILES string of the molecule is COC(=O)CN(C)C(=O)N[C@H](CCCC(=O)O)C(=O)O. The molecular formula is C11H18N2O7. The zero-order chi connectivity index (χ0) is 15.7. The predicted octanol–water partition coefficient (Wildman–Crippen LogP) is -0.491. The smallest absolute Gasteiger partial charge is 0.326 e. The van der Waals surface area contributed by atoms with E-state index in [-0.39, 0.29) is 25.8 Å². The van der Waals surface area contributed by atoms with Crippen molar-refractivity contribution >= 4 is 23.9 Å². The molecule has 0 aromatic heterocycles. The third kappa shape index (κ3) is 7.19. The minimum Gasteiger partial charge on any atom is -0.481 e. The Labute approximate surface area is 115 Å². The van der Waals surface area contributed by atoms with Crippen LogP contribution in [-0.2, 0) is 19.1 Å². The largest absolute Gasteiger partial charge is 0.481 e. The van der Waals surface area contributed by atoms with E-state index in [4.69, 9.17) is 10.2 Å². The van der Waals surface area contributed by atoms with E-state index in [9.17, 15) is 19.2 Å². The number of methoxy groups -OCH3 is 1. The Bertz CT molecular complexity index is 383. The van der Waals surface area contributed by atoms with Crippen molar-refractivity contribution < 1.29 is 34.1 Å². The Morgan fingerprint density at radius 1 is 1.25 bits per heavy atom. The Balaban J connectivity index is 4.36. The highest BCUT2D eigenvalue weighted by Crippen LogP contribution is 2.02. The van der Waals surface area contributed by atoms with Gasteiger partial charge in [-0.25, -0.2) is 9.59 Å². The van der Waals surface area contributed by atoms with E-state index in [1.165, 1.54) is 14.2 Å². The Morgan fingerprint density at radius 3 is 2.30 bits per heavy atom. The average molecular weight is 290 g/mol. The number of rotatable bonds is 8. The van der Waals surface area contributed by atoms with Crippen molar-refractivity contribution in [3.8, 4) is 0 Å². The van der Waals surface area contributed by atoms with E-state index in [1.54, 1.807) is 0 Å². The summed E-state index contributed by atoms with van der Waals surface area (Å²) in [6.07, 6.45) is -0.0790. The van der Waals surface area contributed by atoms with Crippen molar-refractivity contribution in [2.24, 2.45) is 0 Å². The number of amides is 2. The molecule has 0 bridgehead atoms. The second kappa shape index (κ2) is 8.73. The summed E-state index contributed by atoms with van der Waals surface area (Å²) in [5.74, 6) is -2.95. The van der Waals surface area contributed by atoms with Crippen LogP contribution in [0.2, 0.25) is 0 Å². The summed E-state index contributed by atoms with van der Waals surface area (Å²) in [5, 5.41) is 19.6. The van der Waals surface area contributed by atoms with E-state index in [1.807, 2.05) is 0 Å². The number of carbonyl (C=O) groups excluding carboxylic acids is 2. The van der Waals surface area contributed by atoms with E-state index >= 15 is 0 Å². The molecule has 3 N–H and O–H groups in total. The lowest BCUT2D eigenvalue weighted by Crippen LogP contribution is -2.48. The number of urea groups is 1. The molecule has 0 saturated carbocycles. The first-order valence-electron chi connectivity index (χ1n) is 5.81. The van der Waals surface area contributed by atoms with Gasteiger partial charge in [0.25, 0.3) is 0 Å². The molecule has 0 unspecified atom stereocenters. The van der Waals surface area contributed by atoms with Crippen LogP contribution < -0.4 is 5.32 Å². The maximum atomic E-state index is 11.6. The van der Waals surface area contributed by atoms with Gasteiger partial charge in [0.05, 0.1) is 7.11 Å². The molecule has 0 aliphatic heterocycles. The van der Waals surface area contributed by atoms with E-state index < -0.39 is 30.0 Å². The fraction of sp³-hybridized carbons (Fsp3) is 0.636. The number of esters is 1. The van der Waals surface area contributed by atoms with Crippen molar-refractivity contribution in [2.45, 2.75) is 25.3 Å². The van der Waals surface area contributed by atoms with E-state index in [2.05, 4.69) is 10.1 Å². The summed E-state index contributed by atoms with van der Waals surface area (Å²) in [6, 6.07) is -1.96. The van der Waals surface area contributed by atoms with Crippen molar-refractivity contribution in [2.75, 3.05) is 20.7 Å². The van der Waals surface area contributed by atoms with Gasteiger partial charge in [-0.05, 0) is 12.8 Å². The molecule has 0 rings (SSSR count). The molecule has 0 aromatic rings. The molecule has 0 aromatic carbocycles. The number of carbonyl (C=O) groups is 4. The molecule has 0 aliphatic carbocycles. The first-order chi connectivity index (χ1) is 9.27. The maximum absolute atomic E-state index is 11.6. The van der Waals surface area contributed by atoms with Gasteiger partial charge >= 0.3 is 23.9 Å². The van der Waals surface area contributed by atoms with Crippen molar-refractivity contribution in [3.63, 3.8) is 0 Å². The Kier molecular flexibility index (Phi) is 7.71. The summed E-state index contributed by atoms with van der Waals surface area (Å²) in [5.41, 5.74) is 0. The minimum absolute atomic E-state index is 0.0144. The molecule has 0 saturated heterocycles. The highest BCUT2D eigenvalue weighted by molar-refractivity contribution is 5.85. The highest BCUT2D eigenvalue weighted by Gasteiger charge is 2.22. The van der Waals surface area contributed by atoms with Crippen LogP contribution in [-0.4, -0.2) is 65.8 Å². The van der Waals surface area contributed by atoms with E-state index in [0.717, 1.165) is 4.90 Å². The summed E-state index contributed by atoms with van der Waals surface area (Å²) in [7, 11) is 2.47. The second-order valence-electron chi connectivity index (χ2n) is 4.06. The first-order valence-corrected chi connectivity index (χ1v) is 5.81. The van der Waals surface area contributed by atoms with Gasteiger partial charge in [0.15, 0.2) is 0 Å². The Hall–Kier alpha value is -2.32. The summed E-state index contributed by atoms with van der Waals surface area (Å²) < 4.78 is 4.37. The van der Waals surface area contributed by atoms with Crippen LogP contribution in [0.5, 0.6) is 0 Å². The lowest BCUT2D eigenvalue weighted by Gasteiger charge is -2.20. The molecule has 9 nitrogen and oxygen atoms in total. The Morgan fingerprint density at radius 2 is 1.85 bits per heavy atom. The standard InChI is InChI=1S/C11H18N2O7/c1-13(6-9(16)20-2)11(19)12-7(10(17)18)4-3-5-8(14)15/h7H,3-6H2,1-2H3,(H,12,19)(H,14,15)(H,17,18)/t7-/m1/s1. The van der Waals surface area contributed by atoms with Gasteiger partial charge in [-0.3, -0.25) is 9.59 Å². The molecule has 0 spiro atoms. The number of hydrogen-bond donors (Lipinski definition) is 3. The molecule has 0 radical (unpaired) electrons. The minimum atomic E-state index is -1.27. The molecular weight excluding hydrogens is 272 g/mol. The number of nitrogens with one attached hydrogen (secondary N) is 1. The van der Waals surface area contributed by atoms with Crippen LogP contribution >= 0.6 is 0 Å². The third-order valence-electron chi connectivity index (χ3n) is 2.42. The average Bonchev–Trinajstić information content (AvgIpc) is 2.36. The quantitative estimate of drug-likeness (QED) is 0.513. The third-order valence-corrected chi connectivity index (χ3v) is 2.42. The molecule has 114 valence electrons. The normalized spacial score (nSPS) is 11.3. The number of nitrogens with zero attached hydrogens (tertiary/aromatic N) is 1. The number of carboxylic acids is 2. The zero-order valence-corrected chi connectivity index (χ0v) is 11.3. The zero-order valence-electron chi connectivity index (χ0n) is 11.3. The van der Waals surface area contributed by atoms with Crippen LogP contribution in [0.15, 0.2) is 0 Å². The van der Waals surface area contributed by atoms with Gasteiger partial charge in [-0.15, -0.1) is 0 Å². The fourth-order valence-electron chi connectivity index (χ4n) is 1.30. The first kappa shape index (κ1) is 17.7. The number of ether oxygens (including phenoxy) is 1. The van der Waals surface area contributed by atoms with Gasteiger partial charge in [0.2, 0.25) is 0 Å². The van der Waals surface area contributed by atoms with Crippen LogP contribution in [0, 0.1) is 0 Å². The molecule has 20 heavy (non-hydrogen) atoms. The topological polar surface area (TPSA) is 133 Å². The summed E-state index contributed by atoms with van der Waals surface area (Å²) >= 11 is 0. The molecule has 2 amide bonds. The summed E-state index contributed by atoms with van der Waals surface area (Å²) in [4.78, 5) is 44.9. The van der Waals surface area contributed by atoms with Gasteiger partial charge in [-0.2, -0.15) is 0 Å². The van der Waals surface area contributed by atoms with E-state index in [0.29, 0.717) is 0 Å².